The van der Waals surface area contributed by atoms with Crippen molar-refractivity contribution in [2.24, 2.45) is 0 Å². The Bertz CT molecular complexity index is 768. The minimum atomic E-state index is -1.00. The molecule has 1 amide bonds. The SMILES string of the molecule is CC1(C)COC(c2ccccc2)CN1C(=O)c1ccc(C(=O)O)cc1. The quantitative estimate of drug-likeness (QED) is 0.931. The number of nitrogens with zero attached hydrogens (tertiary/aromatic N) is 1. The molecule has 5 nitrogen and oxygen atoms in total. The van der Waals surface area contributed by atoms with Crippen molar-refractivity contribution in [1.82, 2.24) is 4.90 Å². The molecule has 1 N–H and O–H groups in total. The fourth-order valence-corrected chi connectivity index (χ4v) is 2.99. The number of ether oxygens (including phenoxy) is 1. The van der Waals surface area contributed by atoms with Crippen molar-refractivity contribution in [2.75, 3.05) is 13.2 Å². The first-order valence-electron chi connectivity index (χ1n) is 8.20. The smallest absolute Gasteiger partial charge is 0.335 e. The van der Waals surface area contributed by atoms with Gasteiger partial charge in [0.15, 0.2) is 0 Å². The number of hydrogen-bond acceptors (Lipinski definition) is 3. The Morgan fingerprint density at radius 2 is 1.64 bits per heavy atom. The highest BCUT2D eigenvalue weighted by atomic mass is 16.5. The molecule has 1 unspecified atom stereocenters. The molecule has 0 radical (unpaired) electrons. The van der Waals surface area contributed by atoms with Gasteiger partial charge in [0.05, 0.1) is 24.3 Å². The molecule has 0 saturated carbocycles. The van der Waals surface area contributed by atoms with Crippen LogP contribution in [0.25, 0.3) is 0 Å². The van der Waals surface area contributed by atoms with Crippen molar-refractivity contribution in [3.05, 3.63) is 71.3 Å². The summed E-state index contributed by atoms with van der Waals surface area (Å²) in [5, 5.41) is 9.00. The van der Waals surface area contributed by atoms with E-state index in [0.29, 0.717) is 18.7 Å². The van der Waals surface area contributed by atoms with Crippen molar-refractivity contribution in [2.45, 2.75) is 25.5 Å². The van der Waals surface area contributed by atoms with Gasteiger partial charge in [-0.05, 0) is 43.7 Å². The van der Waals surface area contributed by atoms with Gasteiger partial charge in [0.1, 0.15) is 6.10 Å². The Labute approximate surface area is 146 Å². The zero-order chi connectivity index (χ0) is 18.0. The predicted octanol–water partition coefficient (Wildman–Crippen LogP) is 3.38. The lowest BCUT2D eigenvalue weighted by Crippen LogP contribution is -2.56. The number of amides is 1. The van der Waals surface area contributed by atoms with Crippen molar-refractivity contribution < 1.29 is 19.4 Å². The molecule has 1 atom stereocenters. The van der Waals surface area contributed by atoms with E-state index in [2.05, 4.69) is 0 Å². The molecule has 0 spiro atoms. The van der Waals surface area contributed by atoms with Crippen molar-refractivity contribution >= 4 is 11.9 Å². The zero-order valence-electron chi connectivity index (χ0n) is 14.3. The summed E-state index contributed by atoms with van der Waals surface area (Å²) >= 11 is 0. The van der Waals surface area contributed by atoms with Crippen LogP contribution in [0.3, 0.4) is 0 Å². The summed E-state index contributed by atoms with van der Waals surface area (Å²) in [6, 6.07) is 15.9. The molecule has 1 saturated heterocycles. The largest absolute Gasteiger partial charge is 0.478 e. The number of benzene rings is 2. The monoisotopic (exact) mass is 339 g/mol. The van der Waals surface area contributed by atoms with Gasteiger partial charge in [-0.3, -0.25) is 4.79 Å². The maximum Gasteiger partial charge on any atom is 0.335 e. The standard InChI is InChI=1S/C20H21NO4/c1-20(2)13-25-17(14-6-4-3-5-7-14)12-21(20)18(22)15-8-10-16(11-9-15)19(23)24/h3-11,17H,12-13H2,1-2H3,(H,23,24). The van der Waals surface area contributed by atoms with E-state index in [0.717, 1.165) is 5.56 Å². The van der Waals surface area contributed by atoms with Crippen molar-refractivity contribution in [1.29, 1.82) is 0 Å². The van der Waals surface area contributed by atoms with Crippen LogP contribution in [0, 0.1) is 0 Å². The van der Waals surface area contributed by atoms with E-state index in [1.807, 2.05) is 49.1 Å². The molecule has 0 aliphatic carbocycles. The Hall–Kier alpha value is -2.66. The summed E-state index contributed by atoms with van der Waals surface area (Å²) in [5.74, 6) is -1.12. The van der Waals surface area contributed by atoms with Crippen LogP contribution in [0.1, 0.15) is 46.2 Å². The molecule has 2 aromatic carbocycles. The van der Waals surface area contributed by atoms with Gasteiger partial charge in [-0.15, -0.1) is 0 Å². The molecular weight excluding hydrogens is 318 g/mol. The number of hydrogen-bond donors (Lipinski definition) is 1. The van der Waals surface area contributed by atoms with Gasteiger partial charge in [-0.25, -0.2) is 4.79 Å². The summed E-state index contributed by atoms with van der Waals surface area (Å²) in [4.78, 5) is 25.8. The second-order valence-electron chi connectivity index (χ2n) is 6.82. The summed E-state index contributed by atoms with van der Waals surface area (Å²) in [7, 11) is 0. The Kier molecular flexibility index (Phi) is 4.59. The Balaban J connectivity index is 1.84. The number of aromatic carboxylic acids is 1. The minimum absolute atomic E-state index is 0.119. The van der Waals surface area contributed by atoms with Gasteiger partial charge in [-0.1, -0.05) is 30.3 Å². The van der Waals surface area contributed by atoms with Crippen LogP contribution in [0.15, 0.2) is 54.6 Å². The normalized spacial score (nSPS) is 19.4. The van der Waals surface area contributed by atoms with E-state index in [-0.39, 0.29) is 17.6 Å². The maximum atomic E-state index is 13.0. The van der Waals surface area contributed by atoms with Gasteiger partial charge in [0.2, 0.25) is 0 Å². The molecule has 130 valence electrons. The minimum Gasteiger partial charge on any atom is -0.478 e. The number of carbonyl (C=O) groups is 2. The highest BCUT2D eigenvalue weighted by molar-refractivity contribution is 5.96. The van der Waals surface area contributed by atoms with E-state index in [1.54, 1.807) is 12.1 Å². The summed E-state index contributed by atoms with van der Waals surface area (Å²) in [6.45, 7) is 4.83. The first-order chi connectivity index (χ1) is 11.9. The molecule has 0 aromatic heterocycles. The van der Waals surface area contributed by atoms with Crippen LogP contribution in [-0.2, 0) is 4.74 Å². The average Bonchev–Trinajstić information content (AvgIpc) is 2.62. The molecule has 5 heteroatoms. The molecule has 1 aliphatic heterocycles. The number of carboxylic acids is 1. The van der Waals surface area contributed by atoms with Crippen LogP contribution < -0.4 is 0 Å². The van der Waals surface area contributed by atoms with Crippen LogP contribution in [-0.4, -0.2) is 40.6 Å². The second-order valence-corrected chi connectivity index (χ2v) is 6.82. The third-order valence-electron chi connectivity index (χ3n) is 4.51. The van der Waals surface area contributed by atoms with E-state index in [1.165, 1.54) is 12.1 Å². The Morgan fingerprint density at radius 1 is 1.04 bits per heavy atom. The van der Waals surface area contributed by atoms with E-state index >= 15 is 0 Å². The molecule has 3 rings (SSSR count). The maximum absolute atomic E-state index is 13.0. The fourth-order valence-electron chi connectivity index (χ4n) is 2.99. The second kappa shape index (κ2) is 6.69. The summed E-state index contributed by atoms with van der Waals surface area (Å²) < 4.78 is 5.97. The highest BCUT2D eigenvalue weighted by Crippen LogP contribution is 2.31. The van der Waals surface area contributed by atoms with Gasteiger partial charge >= 0.3 is 5.97 Å². The molecule has 1 fully saturated rings. The first-order valence-corrected chi connectivity index (χ1v) is 8.20. The number of rotatable bonds is 3. The molecule has 0 bridgehead atoms. The average molecular weight is 339 g/mol. The third-order valence-corrected chi connectivity index (χ3v) is 4.51. The highest BCUT2D eigenvalue weighted by Gasteiger charge is 2.38. The predicted molar refractivity (Wildman–Crippen MR) is 93.7 cm³/mol. The number of carboxylic acid groups (broad SMARTS) is 1. The fraction of sp³-hybridized carbons (Fsp3) is 0.300. The van der Waals surface area contributed by atoms with E-state index in [4.69, 9.17) is 9.84 Å². The van der Waals surface area contributed by atoms with Crippen LogP contribution in [0.5, 0.6) is 0 Å². The number of carbonyl (C=O) groups excluding carboxylic acids is 1. The molecule has 1 aliphatic rings. The zero-order valence-corrected chi connectivity index (χ0v) is 14.3. The van der Waals surface area contributed by atoms with Crippen LogP contribution >= 0.6 is 0 Å². The lowest BCUT2D eigenvalue weighted by molar-refractivity contribution is -0.0846. The lowest BCUT2D eigenvalue weighted by Gasteiger charge is -2.45. The van der Waals surface area contributed by atoms with Gasteiger partial charge in [0, 0.05) is 5.56 Å². The van der Waals surface area contributed by atoms with Gasteiger partial charge in [-0.2, -0.15) is 0 Å². The van der Waals surface area contributed by atoms with Gasteiger partial charge < -0.3 is 14.7 Å². The molecule has 1 heterocycles. The lowest BCUT2D eigenvalue weighted by atomic mass is 9.96. The van der Waals surface area contributed by atoms with E-state index < -0.39 is 11.5 Å². The van der Waals surface area contributed by atoms with Gasteiger partial charge in [0.25, 0.3) is 5.91 Å². The summed E-state index contributed by atoms with van der Waals surface area (Å²) in [5.41, 5.74) is 1.25. The molecule has 2 aromatic rings. The van der Waals surface area contributed by atoms with Crippen molar-refractivity contribution in [3.8, 4) is 0 Å². The van der Waals surface area contributed by atoms with Crippen LogP contribution in [0.4, 0.5) is 0 Å². The molecular formula is C20H21NO4. The topological polar surface area (TPSA) is 66.8 Å². The third kappa shape index (κ3) is 3.56. The van der Waals surface area contributed by atoms with E-state index in [9.17, 15) is 9.59 Å². The summed E-state index contributed by atoms with van der Waals surface area (Å²) in [6.07, 6.45) is -0.170. The molecule has 25 heavy (non-hydrogen) atoms. The Morgan fingerprint density at radius 3 is 2.24 bits per heavy atom. The first kappa shape index (κ1) is 17.2. The van der Waals surface area contributed by atoms with Crippen molar-refractivity contribution in [3.63, 3.8) is 0 Å². The number of morpholine rings is 1. The van der Waals surface area contributed by atoms with Crippen LogP contribution in [0.2, 0.25) is 0 Å².